The topological polar surface area (TPSA) is 59.4 Å². The van der Waals surface area contributed by atoms with E-state index in [0.717, 1.165) is 49.6 Å². The third-order valence-electron chi connectivity index (χ3n) is 4.78. The summed E-state index contributed by atoms with van der Waals surface area (Å²) in [5.41, 5.74) is 2.05. The standard InChI is InChI=1S/C18H26N4O2/c1-14(22-9-11-24-12-10-22)7-8-18(23)19-13-17-20-15-5-3-4-6-16(15)21(17)2/h3-6,14H,7-13H2,1-2H3,(H,19,23)/t14-/m0/s1. The highest BCUT2D eigenvalue weighted by atomic mass is 16.5. The number of carbonyl (C=O) groups is 1. The van der Waals surface area contributed by atoms with Gasteiger partial charge in [0.2, 0.25) is 5.91 Å². The van der Waals surface area contributed by atoms with E-state index in [9.17, 15) is 4.79 Å². The van der Waals surface area contributed by atoms with Gasteiger partial charge in [0.05, 0.1) is 30.8 Å². The third-order valence-corrected chi connectivity index (χ3v) is 4.78. The second kappa shape index (κ2) is 7.77. The molecule has 1 aromatic heterocycles. The summed E-state index contributed by atoms with van der Waals surface area (Å²) in [7, 11) is 1.98. The fourth-order valence-electron chi connectivity index (χ4n) is 3.16. The van der Waals surface area contributed by atoms with E-state index >= 15 is 0 Å². The number of amides is 1. The van der Waals surface area contributed by atoms with E-state index in [2.05, 4.69) is 22.1 Å². The second-order valence-corrected chi connectivity index (χ2v) is 6.39. The first-order valence-corrected chi connectivity index (χ1v) is 8.64. The molecule has 1 N–H and O–H groups in total. The van der Waals surface area contributed by atoms with Crippen molar-refractivity contribution in [3.8, 4) is 0 Å². The van der Waals surface area contributed by atoms with Crippen LogP contribution in [0.1, 0.15) is 25.6 Å². The van der Waals surface area contributed by atoms with Crippen molar-refractivity contribution in [3.05, 3.63) is 30.1 Å². The Morgan fingerprint density at radius 2 is 2.08 bits per heavy atom. The SMILES string of the molecule is C[C@@H](CCC(=O)NCc1nc2ccccc2n1C)N1CCOCC1. The second-order valence-electron chi connectivity index (χ2n) is 6.39. The molecule has 24 heavy (non-hydrogen) atoms. The van der Waals surface area contributed by atoms with Crippen LogP contribution < -0.4 is 5.32 Å². The van der Waals surface area contributed by atoms with Crippen LogP contribution in [0, 0.1) is 0 Å². The highest BCUT2D eigenvalue weighted by molar-refractivity contribution is 5.77. The van der Waals surface area contributed by atoms with Crippen molar-refractivity contribution in [2.45, 2.75) is 32.4 Å². The lowest BCUT2D eigenvalue weighted by atomic mass is 10.1. The summed E-state index contributed by atoms with van der Waals surface area (Å²) in [6.45, 7) is 6.16. The molecule has 2 aromatic rings. The Hall–Kier alpha value is -1.92. The molecule has 130 valence electrons. The van der Waals surface area contributed by atoms with Crippen LogP contribution in [-0.4, -0.2) is 52.7 Å². The van der Waals surface area contributed by atoms with Gasteiger partial charge in [0.1, 0.15) is 5.82 Å². The summed E-state index contributed by atoms with van der Waals surface area (Å²) in [6.07, 6.45) is 1.41. The van der Waals surface area contributed by atoms with Crippen LogP contribution >= 0.6 is 0 Å². The molecule has 0 spiro atoms. The lowest BCUT2D eigenvalue weighted by Crippen LogP contribution is -2.42. The van der Waals surface area contributed by atoms with Gasteiger partial charge >= 0.3 is 0 Å². The van der Waals surface area contributed by atoms with E-state index in [-0.39, 0.29) is 5.91 Å². The number of nitrogens with zero attached hydrogens (tertiary/aromatic N) is 3. The molecule has 2 heterocycles. The number of aromatic nitrogens is 2. The Bertz CT molecular complexity index is 691. The number of benzene rings is 1. The molecule has 6 heteroatoms. The zero-order valence-corrected chi connectivity index (χ0v) is 14.5. The van der Waals surface area contributed by atoms with Crippen molar-refractivity contribution in [2.24, 2.45) is 7.05 Å². The Morgan fingerprint density at radius 1 is 1.33 bits per heavy atom. The van der Waals surface area contributed by atoms with Gasteiger partial charge in [0.15, 0.2) is 0 Å². The molecule has 1 aromatic carbocycles. The summed E-state index contributed by atoms with van der Waals surface area (Å²) >= 11 is 0. The van der Waals surface area contributed by atoms with Crippen LogP contribution in [-0.2, 0) is 23.1 Å². The number of imidazole rings is 1. The number of hydrogen-bond acceptors (Lipinski definition) is 4. The molecular formula is C18H26N4O2. The van der Waals surface area contributed by atoms with Gasteiger partial charge in [-0.1, -0.05) is 12.1 Å². The number of ether oxygens (including phenoxy) is 1. The first-order chi connectivity index (χ1) is 11.6. The number of nitrogens with one attached hydrogen (secondary N) is 1. The molecule has 1 aliphatic heterocycles. The maximum Gasteiger partial charge on any atom is 0.220 e. The largest absolute Gasteiger partial charge is 0.379 e. The Labute approximate surface area is 142 Å². The van der Waals surface area contributed by atoms with E-state index in [4.69, 9.17) is 4.74 Å². The smallest absolute Gasteiger partial charge is 0.220 e. The molecule has 6 nitrogen and oxygen atoms in total. The van der Waals surface area contributed by atoms with E-state index in [1.807, 2.05) is 35.9 Å². The number of fused-ring (bicyclic) bond motifs is 1. The number of para-hydroxylation sites is 2. The third kappa shape index (κ3) is 3.94. The summed E-state index contributed by atoms with van der Waals surface area (Å²) in [6, 6.07) is 8.42. The minimum atomic E-state index is 0.0853. The first-order valence-electron chi connectivity index (χ1n) is 8.64. The van der Waals surface area contributed by atoms with Gasteiger partial charge in [-0.25, -0.2) is 4.98 Å². The van der Waals surface area contributed by atoms with Gasteiger partial charge in [-0.3, -0.25) is 9.69 Å². The zero-order chi connectivity index (χ0) is 16.9. The predicted octanol–water partition coefficient (Wildman–Crippen LogP) is 1.69. The zero-order valence-electron chi connectivity index (χ0n) is 14.5. The molecule has 0 saturated carbocycles. The summed E-state index contributed by atoms with van der Waals surface area (Å²) in [4.78, 5) is 19.1. The van der Waals surface area contributed by atoms with Crippen LogP contribution in [0.15, 0.2) is 24.3 Å². The molecule has 1 aliphatic rings. The molecular weight excluding hydrogens is 304 g/mol. The maximum absolute atomic E-state index is 12.1. The first kappa shape index (κ1) is 16.9. The van der Waals surface area contributed by atoms with E-state index in [0.29, 0.717) is 19.0 Å². The van der Waals surface area contributed by atoms with E-state index in [1.54, 1.807) is 0 Å². The molecule has 0 bridgehead atoms. The maximum atomic E-state index is 12.1. The fraction of sp³-hybridized carbons (Fsp3) is 0.556. The highest BCUT2D eigenvalue weighted by Gasteiger charge is 2.18. The van der Waals surface area contributed by atoms with Gasteiger partial charge in [-0.2, -0.15) is 0 Å². The van der Waals surface area contributed by atoms with Crippen molar-refractivity contribution in [3.63, 3.8) is 0 Å². The fourth-order valence-corrected chi connectivity index (χ4v) is 3.16. The predicted molar refractivity (Wildman–Crippen MR) is 93.6 cm³/mol. The number of aryl methyl sites for hydroxylation is 1. The van der Waals surface area contributed by atoms with Crippen molar-refractivity contribution in [1.29, 1.82) is 0 Å². The van der Waals surface area contributed by atoms with Crippen LogP contribution in [0.3, 0.4) is 0 Å². The molecule has 1 atom stereocenters. The van der Waals surface area contributed by atoms with Crippen LogP contribution in [0.4, 0.5) is 0 Å². The lowest BCUT2D eigenvalue weighted by Gasteiger charge is -2.32. The summed E-state index contributed by atoms with van der Waals surface area (Å²) in [5.74, 6) is 0.966. The van der Waals surface area contributed by atoms with Gasteiger partial charge in [0, 0.05) is 32.6 Å². The Kier molecular flexibility index (Phi) is 5.48. The van der Waals surface area contributed by atoms with Crippen LogP contribution in [0.5, 0.6) is 0 Å². The molecule has 3 rings (SSSR count). The minimum Gasteiger partial charge on any atom is -0.379 e. The van der Waals surface area contributed by atoms with Crippen LogP contribution in [0.25, 0.3) is 11.0 Å². The van der Waals surface area contributed by atoms with Crippen molar-refractivity contribution in [1.82, 2.24) is 19.8 Å². The number of morpholine rings is 1. The van der Waals surface area contributed by atoms with Crippen molar-refractivity contribution < 1.29 is 9.53 Å². The molecule has 1 fully saturated rings. The van der Waals surface area contributed by atoms with Gasteiger partial charge in [-0.15, -0.1) is 0 Å². The molecule has 0 radical (unpaired) electrons. The normalized spacial score (nSPS) is 17.1. The van der Waals surface area contributed by atoms with Crippen molar-refractivity contribution in [2.75, 3.05) is 26.3 Å². The quantitative estimate of drug-likeness (QED) is 0.876. The Morgan fingerprint density at radius 3 is 2.83 bits per heavy atom. The highest BCUT2D eigenvalue weighted by Crippen LogP contribution is 2.14. The Balaban J connectivity index is 1.47. The van der Waals surface area contributed by atoms with Gasteiger partial charge in [0.25, 0.3) is 0 Å². The van der Waals surface area contributed by atoms with Crippen molar-refractivity contribution >= 4 is 16.9 Å². The summed E-state index contributed by atoms with van der Waals surface area (Å²) < 4.78 is 7.40. The monoisotopic (exact) mass is 330 g/mol. The summed E-state index contributed by atoms with van der Waals surface area (Å²) in [5, 5.41) is 2.99. The number of carbonyl (C=O) groups excluding carboxylic acids is 1. The van der Waals surface area contributed by atoms with E-state index < -0.39 is 0 Å². The molecule has 1 saturated heterocycles. The molecule has 1 amide bonds. The van der Waals surface area contributed by atoms with Crippen LogP contribution in [0.2, 0.25) is 0 Å². The number of hydrogen-bond donors (Lipinski definition) is 1. The van der Waals surface area contributed by atoms with Gasteiger partial charge < -0.3 is 14.6 Å². The van der Waals surface area contributed by atoms with Gasteiger partial charge in [-0.05, 0) is 25.5 Å². The lowest BCUT2D eigenvalue weighted by molar-refractivity contribution is -0.121. The average molecular weight is 330 g/mol. The minimum absolute atomic E-state index is 0.0853. The number of rotatable bonds is 6. The average Bonchev–Trinajstić information content (AvgIpc) is 2.95. The molecule has 0 unspecified atom stereocenters. The van der Waals surface area contributed by atoms with E-state index in [1.165, 1.54) is 0 Å². The molecule has 0 aliphatic carbocycles.